The topological polar surface area (TPSA) is 27.1 Å². The summed E-state index contributed by atoms with van der Waals surface area (Å²) in [5, 5.41) is 4.59. The number of aromatic nitrogens is 2. The standard InChI is InChI=1S/C16H22N2O/c1-4-5-6-7-14-12-16(17-18(14)2)13-8-10-15(19-3)11-9-13/h8-12H,4-7H2,1-3H3. The lowest BCUT2D eigenvalue weighted by atomic mass is 10.1. The van der Waals surface area contributed by atoms with Gasteiger partial charge in [-0.1, -0.05) is 19.8 Å². The van der Waals surface area contributed by atoms with E-state index in [9.17, 15) is 0 Å². The summed E-state index contributed by atoms with van der Waals surface area (Å²) >= 11 is 0. The highest BCUT2D eigenvalue weighted by molar-refractivity contribution is 5.60. The number of nitrogens with zero attached hydrogens (tertiary/aromatic N) is 2. The van der Waals surface area contributed by atoms with Gasteiger partial charge in [0.05, 0.1) is 12.8 Å². The first kappa shape index (κ1) is 13.7. The smallest absolute Gasteiger partial charge is 0.118 e. The van der Waals surface area contributed by atoms with Gasteiger partial charge in [-0.2, -0.15) is 5.10 Å². The molecule has 3 nitrogen and oxygen atoms in total. The van der Waals surface area contributed by atoms with Crippen molar-refractivity contribution in [1.29, 1.82) is 0 Å². The minimum atomic E-state index is 0.878. The summed E-state index contributed by atoms with van der Waals surface area (Å²) in [6, 6.07) is 10.2. The van der Waals surface area contributed by atoms with Crippen molar-refractivity contribution in [1.82, 2.24) is 9.78 Å². The van der Waals surface area contributed by atoms with Gasteiger partial charge < -0.3 is 4.74 Å². The molecule has 0 atom stereocenters. The van der Waals surface area contributed by atoms with E-state index in [0.717, 1.165) is 23.4 Å². The van der Waals surface area contributed by atoms with E-state index in [0.29, 0.717) is 0 Å². The third kappa shape index (κ3) is 3.37. The third-order valence-electron chi connectivity index (χ3n) is 3.40. The number of hydrogen-bond acceptors (Lipinski definition) is 2. The van der Waals surface area contributed by atoms with E-state index in [1.807, 2.05) is 23.9 Å². The molecular formula is C16H22N2O. The number of unbranched alkanes of at least 4 members (excludes halogenated alkanes) is 2. The molecule has 0 fully saturated rings. The second-order valence-electron chi connectivity index (χ2n) is 4.83. The predicted octanol–water partition coefficient (Wildman–Crippen LogP) is 3.83. The average Bonchev–Trinajstić information content (AvgIpc) is 2.81. The van der Waals surface area contributed by atoms with Crippen LogP contribution in [0.4, 0.5) is 0 Å². The molecule has 0 spiro atoms. The van der Waals surface area contributed by atoms with E-state index in [-0.39, 0.29) is 0 Å². The van der Waals surface area contributed by atoms with Crippen molar-refractivity contribution in [3.63, 3.8) is 0 Å². The average molecular weight is 258 g/mol. The molecule has 2 rings (SSSR count). The zero-order chi connectivity index (χ0) is 13.7. The van der Waals surface area contributed by atoms with E-state index >= 15 is 0 Å². The highest BCUT2D eigenvalue weighted by atomic mass is 16.5. The molecule has 0 aliphatic carbocycles. The molecule has 0 radical (unpaired) electrons. The molecule has 19 heavy (non-hydrogen) atoms. The van der Waals surface area contributed by atoms with Gasteiger partial charge >= 0.3 is 0 Å². The largest absolute Gasteiger partial charge is 0.497 e. The van der Waals surface area contributed by atoms with E-state index in [2.05, 4.69) is 30.2 Å². The van der Waals surface area contributed by atoms with Crippen LogP contribution in [0, 0.1) is 0 Å². The Hall–Kier alpha value is -1.77. The molecule has 0 bridgehead atoms. The summed E-state index contributed by atoms with van der Waals surface area (Å²) in [6.07, 6.45) is 4.87. The van der Waals surface area contributed by atoms with Gasteiger partial charge in [0, 0.05) is 18.3 Å². The fourth-order valence-corrected chi connectivity index (χ4v) is 2.20. The minimum Gasteiger partial charge on any atom is -0.497 e. The van der Waals surface area contributed by atoms with Crippen LogP contribution >= 0.6 is 0 Å². The number of aryl methyl sites for hydroxylation is 2. The van der Waals surface area contributed by atoms with Gasteiger partial charge in [-0.3, -0.25) is 4.68 Å². The monoisotopic (exact) mass is 258 g/mol. The normalized spacial score (nSPS) is 10.7. The first-order valence-corrected chi connectivity index (χ1v) is 6.92. The summed E-state index contributed by atoms with van der Waals surface area (Å²) in [7, 11) is 3.70. The fraction of sp³-hybridized carbons (Fsp3) is 0.438. The molecule has 0 unspecified atom stereocenters. The number of methoxy groups -OCH3 is 1. The Bertz CT molecular complexity index is 514. The molecule has 3 heteroatoms. The first-order chi connectivity index (χ1) is 9.24. The second kappa shape index (κ2) is 6.41. The Morgan fingerprint density at radius 1 is 1.16 bits per heavy atom. The van der Waals surface area contributed by atoms with E-state index < -0.39 is 0 Å². The maximum Gasteiger partial charge on any atom is 0.118 e. The number of ether oxygens (including phenoxy) is 1. The summed E-state index contributed by atoms with van der Waals surface area (Å²) in [5.41, 5.74) is 3.48. The molecule has 0 N–H and O–H groups in total. The number of rotatable bonds is 6. The molecule has 0 aliphatic heterocycles. The van der Waals surface area contributed by atoms with Gasteiger partial charge in [0.1, 0.15) is 5.75 Å². The third-order valence-corrected chi connectivity index (χ3v) is 3.40. The maximum atomic E-state index is 5.17. The van der Waals surface area contributed by atoms with Gasteiger partial charge in [-0.05, 0) is 43.2 Å². The molecule has 0 amide bonds. The Labute approximate surface area is 115 Å². The van der Waals surface area contributed by atoms with Crippen LogP contribution in [0.25, 0.3) is 11.3 Å². The van der Waals surface area contributed by atoms with Crippen LogP contribution in [0.5, 0.6) is 5.75 Å². The first-order valence-electron chi connectivity index (χ1n) is 6.92. The van der Waals surface area contributed by atoms with Crippen molar-refractivity contribution >= 4 is 0 Å². The Balaban J connectivity index is 2.13. The predicted molar refractivity (Wildman–Crippen MR) is 78.4 cm³/mol. The summed E-state index contributed by atoms with van der Waals surface area (Å²) in [4.78, 5) is 0. The lowest BCUT2D eigenvalue weighted by Gasteiger charge is -2.00. The Morgan fingerprint density at radius 2 is 1.89 bits per heavy atom. The van der Waals surface area contributed by atoms with Gasteiger partial charge in [0.2, 0.25) is 0 Å². The molecule has 102 valence electrons. The van der Waals surface area contributed by atoms with Crippen molar-refractivity contribution in [3.05, 3.63) is 36.0 Å². The maximum absolute atomic E-state index is 5.17. The zero-order valence-corrected chi connectivity index (χ0v) is 12.0. The number of benzene rings is 1. The second-order valence-corrected chi connectivity index (χ2v) is 4.83. The van der Waals surface area contributed by atoms with Crippen molar-refractivity contribution in [2.24, 2.45) is 7.05 Å². The van der Waals surface area contributed by atoms with Crippen LogP contribution in [0.2, 0.25) is 0 Å². The lowest BCUT2D eigenvalue weighted by Crippen LogP contribution is -1.97. The van der Waals surface area contributed by atoms with Crippen LogP contribution in [0.1, 0.15) is 31.9 Å². The van der Waals surface area contributed by atoms with E-state index in [1.54, 1.807) is 7.11 Å². The molecule has 0 saturated heterocycles. The van der Waals surface area contributed by atoms with Gasteiger partial charge in [-0.25, -0.2) is 0 Å². The van der Waals surface area contributed by atoms with Gasteiger partial charge in [0.15, 0.2) is 0 Å². The minimum absolute atomic E-state index is 0.878. The molecule has 1 aromatic carbocycles. The highest BCUT2D eigenvalue weighted by Gasteiger charge is 2.07. The van der Waals surface area contributed by atoms with Crippen LogP contribution in [-0.4, -0.2) is 16.9 Å². The SMILES string of the molecule is CCCCCc1cc(-c2ccc(OC)cc2)nn1C. The van der Waals surface area contributed by atoms with E-state index in [4.69, 9.17) is 4.74 Å². The van der Waals surface area contributed by atoms with Crippen molar-refractivity contribution in [3.8, 4) is 17.0 Å². The van der Waals surface area contributed by atoms with E-state index in [1.165, 1.54) is 25.0 Å². The van der Waals surface area contributed by atoms with Crippen LogP contribution in [-0.2, 0) is 13.5 Å². The molecule has 1 heterocycles. The summed E-state index contributed by atoms with van der Waals surface area (Å²) in [5.74, 6) is 0.878. The van der Waals surface area contributed by atoms with Gasteiger partial charge in [0.25, 0.3) is 0 Å². The van der Waals surface area contributed by atoms with Crippen molar-refractivity contribution in [2.45, 2.75) is 32.6 Å². The Kier molecular flexibility index (Phi) is 4.61. The van der Waals surface area contributed by atoms with Crippen molar-refractivity contribution < 1.29 is 4.74 Å². The zero-order valence-electron chi connectivity index (χ0n) is 12.0. The molecule has 1 aromatic heterocycles. The van der Waals surface area contributed by atoms with Gasteiger partial charge in [-0.15, -0.1) is 0 Å². The van der Waals surface area contributed by atoms with Crippen LogP contribution in [0.15, 0.2) is 30.3 Å². The molecule has 0 saturated carbocycles. The van der Waals surface area contributed by atoms with Crippen molar-refractivity contribution in [2.75, 3.05) is 7.11 Å². The Morgan fingerprint density at radius 3 is 2.53 bits per heavy atom. The lowest BCUT2D eigenvalue weighted by molar-refractivity contribution is 0.415. The summed E-state index contributed by atoms with van der Waals surface area (Å²) in [6.45, 7) is 2.23. The summed E-state index contributed by atoms with van der Waals surface area (Å²) < 4.78 is 7.17. The quantitative estimate of drug-likeness (QED) is 0.736. The van der Waals surface area contributed by atoms with Crippen LogP contribution in [0.3, 0.4) is 0 Å². The highest BCUT2D eigenvalue weighted by Crippen LogP contribution is 2.22. The number of hydrogen-bond donors (Lipinski definition) is 0. The van der Waals surface area contributed by atoms with Crippen LogP contribution < -0.4 is 4.74 Å². The molecular weight excluding hydrogens is 236 g/mol. The molecule has 2 aromatic rings. The molecule has 0 aliphatic rings. The fourth-order valence-electron chi connectivity index (χ4n) is 2.20.